The molecule has 2 heterocycles. The molecule has 0 aromatic rings. The molecule has 2 amide bonds. The second-order valence-corrected chi connectivity index (χ2v) is 7.42. The SMILES string of the molecule is CO[C@@H]1O[C@H](CO)[C@@H](O[C@@H]2O[C@H](CO)[C@H](O)C[C@]2(O)NC(=O)CN)[C@H](O)[C@H]1NC(C)=O. The second-order valence-electron chi connectivity index (χ2n) is 7.42. The van der Waals surface area contributed by atoms with E-state index < -0.39 is 92.9 Å². The molecule has 14 heteroatoms. The fourth-order valence-corrected chi connectivity index (χ4v) is 3.59. The number of ether oxygens (including phenoxy) is 4. The molecule has 2 fully saturated rings. The summed E-state index contributed by atoms with van der Waals surface area (Å²) >= 11 is 0. The van der Waals surface area contributed by atoms with Crippen LogP contribution in [0.25, 0.3) is 0 Å². The first-order valence-electron chi connectivity index (χ1n) is 9.67. The average Bonchev–Trinajstić information content (AvgIpc) is 2.72. The molecular formula is C17H31N3O11. The van der Waals surface area contributed by atoms with Gasteiger partial charge >= 0.3 is 0 Å². The number of methoxy groups -OCH3 is 1. The molecule has 14 nitrogen and oxygen atoms in total. The van der Waals surface area contributed by atoms with Gasteiger partial charge in [0.1, 0.15) is 30.5 Å². The number of amides is 2. The average molecular weight is 453 g/mol. The molecule has 0 aliphatic carbocycles. The fourth-order valence-electron chi connectivity index (χ4n) is 3.59. The van der Waals surface area contributed by atoms with Gasteiger partial charge in [0, 0.05) is 20.5 Å². The predicted octanol–water partition coefficient (Wildman–Crippen LogP) is -5.17. The fraction of sp³-hybridized carbons (Fsp3) is 0.882. The van der Waals surface area contributed by atoms with E-state index in [1.807, 2.05) is 0 Å². The molecule has 2 aliphatic rings. The molecule has 9 N–H and O–H groups in total. The summed E-state index contributed by atoms with van der Waals surface area (Å²) in [6.07, 6.45) is -9.92. The summed E-state index contributed by atoms with van der Waals surface area (Å²) in [7, 11) is 1.28. The number of aliphatic hydroxyl groups is 5. The van der Waals surface area contributed by atoms with Gasteiger partial charge in [0.2, 0.25) is 18.1 Å². The molecule has 31 heavy (non-hydrogen) atoms. The minimum Gasteiger partial charge on any atom is -0.394 e. The number of nitrogens with one attached hydrogen (secondary N) is 2. The summed E-state index contributed by atoms with van der Waals surface area (Å²) in [5.74, 6) is -1.29. The molecule has 0 aromatic carbocycles. The molecule has 0 unspecified atom stereocenters. The van der Waals surface area contributed by atoms with Crippen LogP contribution in [0.3, 0.4) is 0 Å². The predicted molar refractivity (Wildman–Crippen MR) is 99.8 cm³/mol. The van der Waals surface area contributed by atoms with Crippen molar-refractivity contribution in [3.05, 3.63) is 0 Å². The van der Waals surface area contributed by atoms with Gasteiger partial charge in [-0.2, -0.15) is 0 Å². The number of aliphatic hydroxyl groups excluding tert-OH is 4. The zero-order chi connectivity index (χ0) is 23.3. The Labute approximate surface area is 178 Å². The van der Waals surface area contributed by atoms with Gasteiger partial charge in [-0.25, -0.2) is 0 Å². The van der Waals surface area contributed by atoms with Crippen molar-refractivity contribution in [2.24, 2.45) is 5.73 Å². The summed E-state index contributed by atoms with van der Waals surface area (Å²) in [6, 6.07) is -1.11. The Morgan fingerprint density at radius 1 is 1.19 bits per heavy atom. The second kappa shape index (κ2) is 10.9. The van der Waals surface area contributed by atoms with Crippen molar-refractivity contribution in [2.75, 3.05) is 26.9 Å². The van der Waals surface area contributed by atoms with E-state index >= 15 is 0 Å². The van der Waals surface area contributed by atoms with Crippen molar-refractivity contribution in [3.8, 4) is 0 Å². The lowest BCUT2D eigenvalue weighted by molar-refractivity contribution is -0.357. The maximum atomic E-state index is 11.8. The lowest BCUT2D eigenvalue weighted by Crippen LogP contribution is -2.70. The number of hydrogen-bond donors (Lipinski definition) is 8. The Balaban J connectivity index is 2.31. The number of carbonyl (C=O) groups is 2. The van der Waals surface area contributed by atoms with Gasteiger partial charge < -0.3 is 60.8 Å². The Morgan fingerprint density at radius 3 is 2.35 bits per heavy atom. The minimum atomic E-state index is -2.29. The molecular weight excluding hydrogens is 422 g/mol. The standard InChI is InChI=1S/C17H31N3O11/c1-7(23)19-12-13(26)14(10(6-22)29-15(12)28-2)31-16-17(27,20-11(25)4-18)3-8(24)9(5-21)30-16/h8-10,12-16,21-22,24,26-27H,3-6,18H2,1-2H3,(H,19,23)(H,20,25)/t8-,9-,10-,12-,13-,14-,15-,16+,17-/m1/s1. The molecule has 180 valence electrons. The van der Waals surface area contributed by atoms with E-state index in [1.165, 1.54) is 14.0 Å². The van der Waals surface area contributed by atoms with Crippen LogP contribution in [0, 0.1) is 0 Å². The lowest BCUT2D eigenvalue weighted by atomic mass is 9.94. The lowest BCUT2D eigenvalue weighted by Gasteiger charge is -2.49. The third-order valence-electron chi connectivity index (χ3n) is 5.10. The Bertz CT molecular complexity index is 626. The highest BCUT2D eigenvalue weighted by molar-refractivity contribution is 5.78. The first-order chi connectivity index (χ1) is 14.6. The highest BCUT2D eigenvalue weighted by atomic mass is 16.7. The van der Waals surface area contributed by atoms with Crippen LogP contribution in [0.2, 0.25) is 0 Å². The summed E-state index contributed by atoms with van der Waals surface area (Å²) in [4.78, 5) is 23.3. The molecule has 9 atom stereocenters. The maximum absolute atomic E-state index is 11.8. The number of hydrogen-bond acceptors (Lipinski definition) is 12. The topological polar surface area (TPSA) is 222 Å². The van der Waals surface area contributed by atoms with Crippen LogP contribution < -0.4 is 16.4 Å². The molecule has 0 aromatic heterocycles. The van der Waals surface area contributed by atoms with Crippen molar-refractivity contribution in [2.45, 2.75) is 68.2 Å². The third kappa shape index (κ3) is 5.87. The highest BCUT2D eigenvalue weighted by Crippen LogP contribution is 2.33. The smallest absolute Gasteiger partial charge is 0.236 e. The number of carbonyl (C=O) groups excluding carboxylic acids is 2. The molecule has 0 radical (unpaired) electrons. The van der Waals surface area contributed by atoms with Crippen LogP contribution in [0.4, 0.5) is 0 Å². The van der Waals surface area contributed by atoms with Crippen LogP contribution in [-0.2, 0) is 28.5 Å². The Hall–Kier alpha value is -1.46. The van der Waals surface area contributed by atoms with Gasteiger partial charge in [-0.3, -0.25) is 9.59 Å². The van der Waals surface area contributed by atoms with Crippen LogP contribution in [0.15, 0.2) is 0 Å². The molecule has 0 spiro atoms. The Kier molecular flexibility index (Phi) is 9.08. The van der Waals surface area contributed by atoms with Crippen LogP contribution in [0.1, 0.15) is 13.3 Å². The molecule has 2 aliphatic heterocycles. The van der Waals surface area contributed by atoms with Crippen LogP contribution in [0.5, 0.6) is 0 Å². The van der Waals surface area contributed by atoms with Crippen molar-refractivity contribution >= 4 is 11.8 Å². The molecule has 2 saturated heterocycles. The van der Waals surface area contributed by atoms with E-state index in [0.29, 0.717) is 0 Å². The zero-order valence-corrected chi connectivity index (χ0v) is 17.2. The van der Waals surface area contributed by atoms with Gasteiger partial charge in [0.05, 0.1) is 25.9 Å². The van der Waals surface area contributed by atoms with Gasteiger partial charge in [0.15, 0.2) is 12.0 Å². The highest BCUT2D eigenvalue weighted by Gasteiger charge is 2.54. The van der Waals surface area contributed by atoms with E-state index in [1.54, 1.807) is 0 Å². The van der Waals surface area contributed by atoms with Crippen molar-refractivity contribution < 1.29 is 54.1 Å². The monoisotopic (exact) mass is 453 g/mol. The maximum Gasteiger partial charge on any atom is 0.236 e. The van der Waals surface area contributed by atoms with Gasteiger partial charge in [-0.15, -0.1) is 0 Å². The van der Waals surface area contributed by atoms with Crippen molar-refractivity contribution in [1.82, 2.24) is 10.6 Å². The quantitative estimate of drug-likeness (QED) is 0.162. The number of nitrogens with two attached hydrogens (primary N) is 1. The molecule has 0 saturated carbocycles. The van der Waals surface area contributed by atoms with E-state index in [4.69, 9.17) is 24.7 Å². The third-order valence-corrected chi connectivity index (χ3v) is 5.10. The summed E-state index contributed by atoms with van der Waals surface area (Å²) in [5.41, 5.74) is 2.98. The van der Waals surface area contributed by atoms with E-state index in [-0.39, 0.29) is 0 Å². The first kappa shape index (κ1) is 25.8. The van der Waals surface area contributed by atoms with E-state index in [2.05, 4.69) is 10.6 Å². The first-order valence-corrected chi connectivity index (χ1v) is 9.67. The normalized spacial score (nSPS) is 40.9. The zero-order valence-electron chi connectivity index (χ0n) is 17.2. The summed E-state index contributed by atoms with van der Waals surface area (Å²) in [6.45, 7) is -0.536. The summed E-state index contributed by atoms with van der Waals surface area (Å²) in [5, 5.41) is 55.7. The van der Waals surface area contributed by atoms with Crippen molar-refractivity contribution in [3.63, 3.8) is 0 Å². The molecule has 2 rings (SSSR count). The van der Waals surface area contributed by atoms with E-state index in [9.17, 15) is 35.1 Å². The van der Waals surface area contributed by atoms with E-state index in [0.717, 1.165) is 0 Å². The Morgan fingerprint density at radius 2 is 1.84 bits per heavy atom. The van der Waals surface area contributed by atoms with Gasteiger partial charge in [0.25, 0.3) is 0 Å². The largest absolute Gasteiger partial charge is 0.394 e. The van der Waals surface area contributed by atoms with Crippen LogP contribution >= 0.6 is 0 Å². The van der Waals surface area contributed by atoms with Gasteiger partial charge in [-0.1, -0.05) is 0 Å². The van der Waals surface area contributed by atoms with Gasteiger partial charge in [-0.05, 0) is 0 Å². The minimum absolute atomic E-state index is 0.483. The van der Waals surface area contributed by atoms with Crippen LogP contribution in [-0.4, -0.2) is 119 Å². The number of rotatable bonds is 8. The summed E-state index contributed by atoms with van der Waals surface area (Å²) < 4.78 is 21.8. The van der Waals surface area contributed by atoms with Crippen molar-refractivity contribution in [1.29, 1.82) is 0 Å². The molecule has 0 bridgehead atoms.